The third-order valence-electron chi connectivity index (χ3n) is 7.63. The number of likely N-dealkylation sites (N-methyl/N-ethyl adjacent to an activating group) is 1. The molecule has 1 aromatic heterocycles. The fraction of sp³-hybridized carbons (Fsp3) is 0.393. The molecule has 2 atom stereocenters. The minimum Gasteiger partial charge on any atom is -0.506 e. The zero-order valence-electron chi connectivity index (χ0n) is 20.4. The number of nitrogens with zero attached hydrogens (tertiary/aromatic N) is 4. The summed E-state index contributed by atoms with van der Waals surface area (Å²) >= 11 is 6.19. The summed E-state index contributed by atoms with van der Waals surface area (Å²) in [7, 11) is 3.83. The van der Waals surface area contributed by atoms with Crippen LogP contribution in [0.15, 0.2) is 42.6 Å². The van der Waals surface area contributed by atoms with Crippen molar-refractivity contribution in [3.8, 4) is 16.9 Å². The second kappa shape index (κ2) is 8.75. The molecule has 7 nitrogen and oxygen atoms in total. The fourth-order valence-corrected chi connectivity index (χ4v) is 5.89. The van der Waals surface area contributed by atoms with Crippen molar-refractivity contribution in [1.29, 1.82) is 0 Å². The van der Waals surface area contributed by atoms with Gasteiger partial charge in [-0.1, -0.05) is 23.7 Å². The minimum absolute atomic E-state index is 0.0438. The van der Waals surface area contributed by atoms with Gasteiger partial charge in [-0.25, -0.2) is 0 Å². The number of carbonyl (C=O) groups excluding carboxylic acids is 2. The maximum atomic E-state index is 13.4. The molecule has 3 fully saturated rings. The molecule has 0 spiro atoms. The Morgan fingerprint density at radius 1 is 1.08 bits per heavy atom. The zero-order valence-corrected chi connectivity index (χ0v) is 21.2. The van der Waals surface area contributed by atoms with E-state index in [4.69, 9.17) is 11.6 Å². The van der Waals surface area contributed by atoms with Crippen molar-refractivity contribution >= 4 is 39.9 Å². The van der Waals surface area contributed by atoms with E-state index >= 15 is 0 Å². The number of Topliss-reactive ketones (excluding diaryl/α,β-unsaturated/α-hetero) is 1. The van der Waals surface area contributed by atoms with E-state index in [0.29, 0.717) is 30.2 Å². The number of halogens is 1. The average molecular weight is 505 g/mol. The summed E-state index contributed by atoms with van der Waals surface area (Å²) < 4.78 is 0. The Morgan fingerprint density at radius 3 is 2.50 bits per heavy atom. The Labute approximate surface area is 215 Å². The third kappa shape index (κ3) is 4.00. The number of phenols is 1. The molecule has 8 heteroatoms. The van der Waals surface area contributed by atoms with Crippen LogP contribution in [0.25, 0.3) is 22.0 Å². The van der Waals surface area contributed by atoms with Crippen LogP contribution in [-0.2, 0) is 4.79 Å². The summed E-state index contributed by atoms with van der Waals surface area (Å²) in [6, 6.07) is 11.5. The number of rotatable bonds is 6. The van der Waals surface area contributed by atoms with Crippen LogP contribution in [0.2, 0.25) is 5.02 Å². The van der Waals surface area contributed by atoms with E-state index in [1.165, 1.54) is 0 Å². The van der Waals surface area contributed by atoms with Gasteiger partial charge in [0.2, 0.25) is 5.91 Å². The number of aromatic nitrogens is 1. The number of hydrogen-bond donors (Lipinski definition) is 1. The van der Waals surface area contributed by atoms with Crippen LogP contribution < -0.4 is 4.90 Å². The van der Waals surface area contributed by atoms with Crippen LogP contribution >= 0.6 is 11.6 Å². The quantitative estimate of drug-likeness (QED) is 0.507. The molecule has 0 radical (unpaired) electrons. The molecule has 3 heterocycles. The molecule has 36 heavy (non-hydrogen) atoms. The van der Waals surface area contributed by atoms with E-state index in [0.717, 1.165) is 47.0 Å². The van der Waals surface area contributed by atoms with Crippen molar-refractivity contribution in [2.24, 2.45) is 5.92 Å². The number of carbonyl (C=O) groups is 2. The largest absolute Gasteiger partial charge is 0.506 e. The second-order valence-corrected chi connectivity index (χ2v) is 10.9. The van der Waals surface area contributed by atoms with E-state index in [2.05, 4.69) is 16.0 Å². The van der Waals surface area contributed by atoms with Gasteiger partial charge in [0, 0.05) is 36.6 Å². The van der Waals surface area contributed by atoms with Crippen LogP contribution in [0.3, 0.4) is 0 Å². The Morgan fingerprint density at radius 2 is 1.83 bits per heavy atom. The monoisotopic (exact) mass is 504 g/mol. The van der Waals surface area contributed by atoms with Crippen molar-refractivity contribution in [3.05, 3.63) is 53.2 Å². The number of fused-ring (bicyclic) bond motifs is 3. The summed E-state index contributed by atoms with van der Waals surface area (Å²) in [5.74, 6) is 0.454. The number of likely N-dealkylation sites (tertiary alicyclic amines) is 1. The second-order valence-electron chi connectivity index (χ2n) is 10.5. The lowest BCUT2D eigenvalue weighted by molar-refractivity contribution is -0.132. The highest BCUT2D eigenvalue weighted by molar-refractivity contribution is 6.32. The van der Waals surface area contributed by atoms with Gasteiger partial charge >= 0.3 is 0 Å². The Kier molecular flexibility index (Phi) is 5.65. The first kappa shape index (κ1) is 23.3. The first-order valence-electron chi connectivity index (χ1n) is 12.5. The Balaban J connectivity index is 1.43. The average Bonchev–Trinajstić information content (AvgIpc) is 3.52. The van der Waals surface area contributed by atoms with Crippen molar-refractivity contribution in [3.63, 3.8) is 0 Å². The lowest BCUT2D eigenvalue weighted by atomic mass is 9.98. The van der Waals surface area contributed by atoms with E-state index in [9.17, 15) is 14.7 Å². The molecular formula is C28H29ClN4O3. The first-order chi connectivity index (χ1) is 17.3. The predicted octanol–water partition coefficient (Wildman–Crippen LogP) is 4.20. The molecule has 1 aliphatic carbocycles. The number of benzene rings is 2. The maximum Gasteiger partial charge on any atom is 0.237 e. The van der Waals surface area contributed by atoms with Crippen molar-refractivity contribution in [1.82, 2.24) is 14.8 Å². The van der Waals surface area contributed by atoms with Gasteiger partial charge in [-0.3, -0.25) is 14.6 Å². The molecule has 3 aromatic rings. The molecule has 1 amide bonds. The summed E-state index contributed by atoms with van der Waals surface area (Å²) in [5, 5.41) is 11.1. The molecule has 1 saturated carbocycles. The van der Waals surface area contributed by atoms with Gasteiger partial charge in [-0.05, 0) is 68.8 Å². The summed E-state index contributed by atoms with van der Waals surface area (Å²) in [5.41, 5.74) is 4.28. The molecule has 3 aliphatic rings. The molecule has 2 aromatic carbocycles. The van der Waals surface area contributed by atoms with E-state index < -0.39 is 0 Å². The molecule has 186 valence electrons. The highest BCUT2D eigenvalue weighted by Gasteiger charge is 2.47. The lowest BCUT2D eigenvalue weighted by Crippen LogP contribution is -2.51. The number of phenolic OH excluding ortho intramolecular Hbond substituents is 1. The molecule has 0 unspecified atom stereocenters. The highest BCUT2D eigenvalue weighted by atomic mass is 35.5. The number of hydrogen-bond acceptors (Lipinski definition) is 6. The first-order valence-corrected chi connectivity index (χ1v) is 12.8. The van der Waals surface area contributed by atoms with E-state index in [1.54, 1.807) is 18.3 Å². The normalized spacial score (nSPS) is 21.1. The van der Waals surface area contributed by atoms with Crippen LogP contribution in [0.1, 0.15) is 29.6 Å². The van der Waals surface area contributed by atoms with Gasteiger partial charge in [0.05, 0.1) is 34.4 Å². The number of aromatic hydroxyl groups is 1. The lowest BCUT2D eigenvalue weighted by Gasteiger charge is -2.37. The summed E-state index contributed by atoms with van der Waals surface area (Å²) in [4.78, 5) is 37.1. The molecule has 2 bridgehead atoms. The Hall–Kier alpha value is -3.16. The van der Waals surface area contributed by atoms with Gasteiger partial charge in [0.15, 0.2) is 5.78 Å². The van der Waals surface area contributed by atoms with Gasteiger partial charge in [0.1, 0.15) is 5.75 Å². The molecule has 1 N–H and O–H groups in total. The molecular weight excluding hydrogens is 476 g/mol. The van der Waals surface area contributed by atoms with Crippen LogP contribution in [0.4, 0.5) is 5.69 Å². The minimum atomic E-state index is 0.0438. The van der Waals surface area contributed by atoms with Crippen molar-refractivity contribution in [2.45, 2.75) is 31.3 Å². The molecule has 2 aliphatic heterocycles. The SMILES string of the molecule is CN(C)CC(=O)N1C[C@@H]2C[C@H]1CN2c1c(C(=O)C2CC2)cnc2ccc(-c3ccc(O)c(Cl)c3)cc12. The molecule has 6 rings (SSSR count). The highest BCUT2D eigenvalue weighted by Crippen LogP contribution is 2.43. The van der Waals surface area contributed by atoms with Gasteiger partial charge in [-0.15, -0.1) is 0 Å². The van der Waals surface area contributed by atoms with E-state index in [-0.39, 0.29) is 35.4 Å². The van der Waals surface area contributed by atoms with Crippen LogP contribution in [-0.4, -0.2) is 77.4 Å². The number of amides is 1. The Bertz CT molecular complexity index is 1390. The standard InChI is InChI=1S/C28H29ClN4O3/c1-31(2)15-26(35)32-13-20-11-19(32)14-33(20)27-21-9-17(18-6-8-25(34)23(29)10-18)5-7-24(21)30-12-22(27)28(36)16-3-4-16/h5-10,12,16,19-20,34H,3-4,11,13-15H2,1-2H3/t19-,20-/m0/s1. The van der Waals surface area contributed by atoms with Crippen LogP contribution in [0, 0.1) is 5.92 Å². The van der Waals surface area contributed by atoms with Gasteiger partial charge < -0.3 is 19.8 Å². The predicted molar refractivity (Wildman–Crippen MR) is 141 cm³/mol. The molecule has 2 saturated heterocycles. The number of piperazine rings is 1. The third-order valence-corrected chi connectivity index (χ3v) is 7.94. The van der Waals surface area contributed by atoms with Gasteiger partial charge in [0.25, 0.3) is 0 Å². The number of ketones is 1. The van der Waals surface area contributed by atoms with Gasteiger partial charge in [-0.2, -0.15) is 0 Å². The maximum absolute atomic E-state index is 13.4. The summed E-state index contributed by atoms with van der Waals surface area (Å²) in [6.07, 6.45) is 4.52. The number of anilines is 1. The van der Waals surface area contributed by atoms with E-state index in [1.807, 2.05) is 42.1 Å². The smallest absolute Gasteiger partial charge is 0.237 e. The topological polar surface area (TPSA) is 77.0 Å². The number of pyridine rings is 1. The van der Waals surface area contributed by atoms with Crippen molar-refractivity contribution < 1.29 is 14.7 Å². The van der Waals surface area contributed by atoms with Crippen molar-refractivity contribution in [2.75, 3.05) is 38.6 Å². The van der Waals surface area contributed by atoms with Crippen LogP contribution in [0.5, 0.6) is 5.75 Å². The fourth-order valence-electron chi connectivity index (χ4n) is 5.71. The summed E-state index contributed by atoms with van der Waals surface area (Å²) in [6.45, 7) is 1.79. The zero-order chi connectivity index (χ0) is 25.1.